The second kappa shape index (κ2) is 8.14. The van der Waals surface area contributed by atoms with Crippen molar-refractivity contribution in [2.24, 2.45) is 0 Å². The standard InChI is InChI=1S/C21H25FN2O5S/c1-21(2)12-18(17-11-16(28-3)8-9-19(17)29-21)23-20(25)13-24(30(4,26)27)15-7-5-6-14(22)10-15/h5-11,18H,12-13H2,1-4H3,(H,23,25). The van der Waals surface area contributed by atoms with E-state index in [0.717, 1.165) is 22.2 Å². The van der Waals surface area contributed by atoms with Crippen LogP contribution in [0, 0.1) is 5.82 Å². The van der Waals surface area contributed by atoms with Crippen LogP contribution in [0.3, 0.4) is 0 Å². The molecule has 9 heteroatoms. The number of halogens is 1. The normalized spacial score (nSPS) is 17.4. The van der Waals surface area contributed by atoms with Gasteiger partial charge in [0.25, 0.3) is 0 Å². The second-order valence-electron chi connectivity index (χ2n) is 7.84. The molecule has 0 saturated carbocycles. The molecule has 7 nitrogen and oxygen atoms in total. The fraction of sp³-hybridized carbons (Fsp3) is 0.381. The van der Waals surface area contributed by atoms with Crippen LogP contribution in [0.15, 0.2) is 42.5 Å². The molecule has 3 rings (SSSR count). The first-order valence-electron chi connectivity index (χ1n) is 9.38. The lowest BCUT2D eigenvalue weighted by Gasteiger charge is -2.38. The zero-order valence-corrected chi connectivity index (χ0v) is 18.1. The van der Waals surface area contributed by atoms with Gasteiger partial charge >= 0.3 is 0 Å². The molecule has 1 heterocycles. The van der Waals surface area contributed by atoms with Crippen LogP contribution in [0.2, 0.25) is 0 Å². The molecule has 1 atom stereocenters. The number of rotatable bonds is 6. The quantitative estimate of drug-likeness (QED) is 0.753. The first kappa shape index (κ1) is 21.9. The molecule has 0 saturated heterocycles. The molecule has 1 unspecified atom stereocenters. The van der Waals surface area contributed by atoms with E-state index in [2.05, 4.69) is 5.32 Å². The highest BCUT2D eigenvalue weighted by molar-refractivity contribution is 7.92. The van der Waals surface area contributed by atoms with Crippen molar-refractivity contribution in [3.63, 3.8) is 0 Å². The van der Waals surface area contributed by atoms with Gasteiger partial charge in [0.1, 0.15) is 29.5 Å². The van der Waals surface area contributed by atoms with Gasteiger partial charge in [0.15, 0.2) is 0 Å². The van der Waals surface area contributed by atoms with Crippen molar-refractivity contribution in [1.82, 2.24) is 5.32 Å². The topological polar surface area (TPSA) is 84.9 Å². The highest BCUT2D eigenvalue weighted by atomic mass is 32.2. The lowest BCUT2D eigenvalue weighted by atomic mass is 9.89. The monoisotopic (exact) mass is 436 g/mol. The number of fused-ring (bicyclic) bond motifs is 1. The molecule has 1 N–H and O–H groups in total. The summed E-state index contributed by atoms with van der Waals surface area (Å²) in [6.45, 7) is 3.35. The summed E-state index contributed by atoms with van der Waals surface area (Å²) in [5.74, 6) is 0.145. The number of nitrogens with one attached hydrogen (secondary N) is 1. The molecule has 0 spiro atoms. The van der Waals surface area contributed by atoms with E-state index in [0.29, 0.717) is 17.9 Å². The molecule has 0 radical (unpaired) electrons. The van der Waals surface area contributed by atoms with Crippen LogP contribution in [-0.4, -0.2) is 39.8 Å². The first-order valence-corrected chi connectivity index (χ1v) is 11.2. The zero-order valence-electron chi connectivity index (χ0n) is 17.3. The van der Waals surface area contributed by atoms with Crippen LogP contribution < -0.4 is 19.1 Å². The van der Waals surface area contributed by atoms with Gasteiger partial charge < -0.3 is 14.8 Å². The molecule has 2 aromatic rings. The SMILES string of the molecule is COc1ccc2c(c1)C(NC(=O)CN(c1cccc(F)c1)S(C)(=O)=O)CC(C)(C)O2. The summed E-state index contributed by atoms with van der Waals surface area (Å²) in [6.07, 6.45) is 1.46. The number of amides is 1. The summed E-state index contributed by atoms with van der Waals surface area (Å²) in [5, 5.41) is 2.89. The number of carbonyl (C=O) groups is 1. The number of carbonyl (C=O) groups excluding carboxylic acids is 1. The van der Waals surface area contributed by atoms with Crippen LogP contribution >= 0.6 is 0 Å². The van der Waals surface area contributed by atoms with E-state index >= 15 is 0 Å². The number of hydrogen-bond acceptors (Lipinski definition) is 5. The summed E-state index contributed by atoms with van der Waals surface area (Å²) in [6, 6.07) is 10.1. The van der Waals surface area contributed by atoms with Gasteiger partial charge in [-0.25, -0.2) is 12.8 Å². The largest absolute Gasteiger partial charge is 0.497 e. The Kier molecular flexibility index (Phi) is 5.94. The van der Waals surface area contributed by atoms with Gasteiger partial charge in [-0.05, 0) is 50.2 Å². The van der Waals surface area contributed by atoms with E-state index in [9.17, 15) is 17.6 Å². The van der Waals surface area contributed by atoms with Crippen molar-refractivity contribution in [2.45, 2.75) is 31.9 Å². The maximum Gasteiger partial charge on any atom is 0.241 e. The van der Waals surface area contributed by atoms with Crippen molar-refractivity contribution in [3.8, 4) is 11.5 Å². The Labute approximate surface area is 175 Å². The Morgan fingerprint density at radius 2 is 2.03 bits per heavy atom. The summed E-state index contributed by atoms with van der Waals surface area (Å²) in [5.41, 5.74) is 0.305. The average molecular weight is 437 g/mol. The molecule has 0 aromatic heterocycles. The van der Waals surface area contributed by atoms with Gasteiger partial charge in [-0.2, -0.15) is 0 Å². The molecule has 1 amide bonds. The molecule has 0 bridgehead atoms. The van der Waals surface area contributed by atoms with Crippen LogP contribution in [0.5, 0.6) is 11.5 Å². The molecule has 0 aliphatic carbocycles. The molecule has 30 heavy (non-hydrogen) atoms. The summed E-state index contributed by atoms with van der Waals surface area (Å²) in [4.78, 5) is 12.8. The summed E-state index contributed by atoms with van der Waals surface area (Å²) < 4.78 is 50.2. The average Bonchev–Trinajstić information content (AvgIpc) is 2.64. The molecular formula is C21H25FN2O5S. The maximum absolute atomic E-state index is 13.6. The van der Waals surface area contributed by atoms with Gasteiger partial charge in [-0.1, -0.05) is 6.07 Å². The number of ether oxygens (including phenoxy) is 2. The molecule has 1 aliphatic rings. The van der Waals surface area contributed by atoms with Crippen molar-refractivity contribution in [2.75, 3.05) is 24.2 Å². The zero-order chi connectivity index (χ0) is 22.1. The van der Waals surface area contributed by atoms with Gasteiger partial charge in [-0.3, -0.25) is 9.10 Å². The highest BCUT2D eigenvalue weighted by Crippen LogP contribution is 2.41. The number of hydrogen-bond donors (Lipinski definition) is 1. The smallest absolute Gasteiger partial charge is 0.241 e. The third kappa shape index (κ3) is 5.02. The predicted octanol–water partition coefficient (Wildman–Crippen LogP) is 3.02. The summed E-state index contributed by atoms with van der Waals surface area (Å²) >= 11 is 0. The fourth-order valence-corrected chi connectivity index (χ4v) is 4.34. The molecule has 2 aromatic carbocycles. The van der Waals surface area contributed by atoms with Crippen molar-refractivity contribution < 1.29 is 27.1 Å². The third-order valence-electron chi connectivity index (χ3n) is 4.79. The predicted molar refractivity (Wildman–Crippen MR) is 112 cm³/mol. The third-order valence-corrected chi connectivity index (χ3v) is 5.93. The van der Waals surface area contributed by atoms with Crippen LogP contribution in [0.4, 0.5) is 10.1 Å². The van der Waals surface area contributed by atoms with E-state index in [1.165, 1.54) is 18.2 Å². The molecular weight excluding hydrogens is 411 g/mol. The van der Waals surface area contributed by atoms with E-state index in [-0.39, 0.29) is 5.69 Å². The minimum absolute atomic E-state index is 0.0852. The van der Waals surface area contributed by atoms with Gasteiger partial charge in [-0.15, -0.1) is 0 Å². The Balaban J connectivity index is 1.86. The Bertz CT molecular complexity index is 1060. The van der Waals surface area contributed by atoms with Crippen LogP contribution in [0.25, 0.3) is 0 Å². The first-order chi connectivity index (χ1) is 14.0. The number of benzene rings is 2. The van der Waals surface area contributed by atoms with Gasteiger partial charge in [0.2, 0.25) is 15.9 Å². The van der Waals surface area contributed by atoms with E-state index < -0.39 is 39.9 Å². The van der Waals surface area contributed by atoms with Crippen molar-refractivity contribution >= 4 is 21.6 Å². The summed E-state index contributed by atoms with van der Waals surface area (Å²) in [7, 11) is -2.26. The lowest BCUT2D eigenvalue weighted by molar-refractivity contribution is -0.120. The minimum Gasteiger partial charge on any atom is -0.497 e. The number of anilines is 1. The van der Waals surface area contributed by atoms with Crippen LogP contribution in [0.1, 0.15) is 31.9 Å². The molecule has 0 fully saturated rings. The maximum atomic E-state index is 13.6. The van der Waals surface area contributed by atoms with Gasteiger partial charge in [0, 0.05) is 12.0 Å². The van der Waals surface area contributed by atoms with E-state index in [1.54, 1.807) is 25.3 Å². The van der Waals surface area contributed by atoms with E-state index in [4.69, 9.17) is 9.47 Å². The van der Waals surface area contributed by atoms with E-state index in [1.807, 2.05) is 13.8 Å². The fourth-order valence-electron chi connectivity index (χ4n) is 3.49. The van der Waals surface area contributed by atoms with Crippen molar-refractivity contribution in [3.05, 3.63) is 53.8 Å². The highest BCUT2D eigenvalue weighted by Gasteiger charge is 2.35. The Morgan fingerprint density at radius 1 is 1.30 bits per heavy atom. The molecule has 162 valence electrons. The lowest BCUT2D eigenvalue weighted by Crippen LogP contribution is -2.45. The van der Waals surface area contributed by atoms with Crippen LogP contribution in [-0.2, 0) is 14.8 Å². The van der Waals surface area contributed by atoms with Gasteiger partial charge in [0.05, 0.1) is 25.1 Å². The number of nitrogens with zero attached hydrogens (tertiary/aromatic N) is 1. The number of methoxy groups -OCH3 is 1. The van der Waals surface area contributed by atoms with Crippen molar-refractivity contribution in [1.29, 1.82) is 0 Å². The Hall–Kier alpha value is -2.81. The minimum atomic E-state index is -3.80. The molecule has 1 aliphatic heterocycles. The second-order valence-corrected chi connectivity index (χ2v) is 9.75. The number of sulfonamides is 1. The Morgan fingerprint density at radius 3 is 2.67 bits per heavy atom.